The molecule has 2 aromatic heterocycles. The Morgan fingerprint density at radius 1 is 1.24 bits per heavy atom. The van der Waals surface area contributed by atoms with Gasteiger partial charge >= 0.3 is 6.01 Å². The monoisotopic (exact) mass is 375 g/mol. The van der Waals surface area contributed by atoms with Crippen LogP contribution in [0.4, 0.5) is 0 Å². The number of amides is 1. The van der Waals surface area contributed by atoms with Crippen LogP contribution in [0.5, 0.6) is 6.01 Å². The molecule has 1 aromatic carbocycles. The molecule has 0 N–H and O–H groups in total. The van der Waals surface area contributed by atoms with Gasteiger partial charge in [0, 0.05) is 12.1 Å². The highest BCUT2D eigenvalue weighted by Crippen LogP contribution is 2.20. The van der Waals surface area contributed by atoms with Crippen LogP contribution in [-0.2, 0) is 0 Å². The van der Waals surface area contributed by atoms with E-state index in [1.807, 2.05) is 6.07 Å². The number of likely N-dealkylation sites (tertiary alicyclic amines) is 1. The van der Waals surface area contributed by atoms with Crippen LogP contribution in [0.15, 0.2) is 30.6 Å². The third-order valence-electron chi connectivity index (χ3n) is 4.03. The number of rotatable bonds is 3. The van der Waals surface area contributed by atoms with Crippen LogP contribution in [0.2, 0.25) is 5.02 Å². The smallest absolute Gasteiger partial charge is 0.316 e. The fraction of sp³-hybridized carbons (Fsp3) is 0.312. The van der Waals surface area contributed by atoms with Crippen LogP contribution in [0.1, 0.15) is 23.2 Å². The van der Waals surface area contributed by atoms with Crippen molar-refractivity contribution in [3.8, 4) is 6.01 Å². The van der Waals surface area contributed by atoms with E-state index >= 15 is 0 Å². The lowest BCUT2D eigenvalue weighted by atomic mass is 10.1. The van der Waals surface area contributed by atoms with Crippen LogP contribution in [0.3, 0.4) is 0 Å². The highest BCUT2D eigenvalue weighted by Gasteiger charge is 2.26. The highest BCUT2D eigenvalue weighted by molar-refractivity contribution is 7.00. The summed E-state index contributed by atoms with van der Waals surface area (Å²) in [4.78, 5) is 22.7. The zero-order valence-electron chi connectivity index (χ0n) is 13.1. The van der Waals surface area contributed by atoms with E-state index in [1.54, 1.807) is 17.0 Å². The van der Waals surface area contributed by atoms with Crippen molar-refractivity contribution in [2.45, 2.75) is 18.9 Å². The third kappa shape index (κ3) is 3.54. The molecular weight excluding hydrogens is 362 g/mol. The van der Waals surface area contributed by atoms with Crippen molar-refractivity contribution in [2.24, 2.45) is 0 Å². The summed E-state index contributed by atoms with van der Waals surface area (Å²) in [5.41, 5.74) is 2.17. The lowest BCUT2D eigenvalue weighted by molar-refractivity contribution is 0.0516. The molecule has 0 saturated carbocycles. The first kappa shape index (κ1) is 16.2. The van der Waals surface area contributed by atoms with E-state index in [2.05, 4.69) is 18.7 Å². The number of benzene rings is 1. The molecule has 1 saturated heterocycles. The Kier molecular flexibility index (Phi) is 4.46. The molecule has 0 unspecified atom stereocenters. The summed E-state index contributed by atoms with van der Waals surface area (Å²) in [6, 6.07) is 5.68. The first-order chi connectivity index (χ1) is 12.2. The van der Waals surface area contributed by atoms with Crippen molar-refractivity contribution in [1.29, 1.82) is 0 Å². The van der Waals surface area contributed by atoms with Gasteiger partial charge in [0.25, 0.3) is 5.91 Å². The van der Waals surface area contributed by atoms with E-state index in [1.165, 1.54) is 12.4 Å². The molecule has 0 aliphatic carbocycles. The molecule has 4 rings (SSSR count). The second kappa shape index (κ2) is 6.89. The second-order valence-electron chi connectivity index (χ2n) is 5.78. The number of ether oxygens (including phenoxy) is 1. The molecule has 9 heteroatoms. The largest absolute Gasteiger partial charge is 0.458 e. The topological polar surface area (TPSA) is 81.1 Å². The first-order valence-corrected chi connectivity index (χ1v) is 8.96. The van der Waals surface area contributed by atoms with Crippen molar-refractivity contribution in [3.63, 3.8) is 0 Å². The standard InChI is InChI=1S/C16H14ClN5O2S/c17-11-7-18-16(19-8-11)24-12-2-1-5-22(9-12)15(23)10-3-4-13-14(6-10)21-25-20-13/h3-4,6-8,12H,1-2,5,9H2/t12-/m1/s1. The fourth-order valence-corrected chi connectivity index (χ4v) is 3.44. The van der Waals surface area contributed by atoms with E-state index < -0.39 is 0 Å². The number of carbonyl (C=O) groups is 1. The number of nitrogens with zero attached hydrogens (tertiary/aromatic N) is 5. The summed E-state index contributed by atoms with van der Waals surface area (Å²) < 4.78 is 14.1. The summed E-state index contributed by atoms with van der Waals surface area (Å²) in [7, 11) is 0. The van der Waals surface area contributed by atoms with Crippen LogP contribution in [-0.4, -0.2) is 48.7 Å². The van der Waals surface area contributed by atoms with Crippen LogP contribution in [0, 0.1) is 0 Å². The number of fused-ring (bicyclic) bond motifs is 1. The predicted octanol–water partition coefficient (Wildman–Crippen LogP) is 2.82. The summed E-state index contributed by atoms with van der Waals surface area (Å²) >= 11 is 6.92. The highest BCUT2D eigenvalue weighted by atomic mass is 35.5. The van der Waals surface area contributed by atoms with Gasteiger partial charge in [0.1, 0.15) is 17.1 Å². The molecule has 1 fully saturated rings. The molecule has 1 aliphatic rings. The average molecular weight is 376 g/mol. The summed E-state index contributed by atoms with van der Waals surface area (Å²) in [5.74, 6) is -0.0276. The van der Waals surface area contributed by atoms with Gasteiger partial charge in [-0.2, -0.15) is 8.75 Å². The van der Waals surface area contributed by atoms with Gasteiger partial charge in [-0.15, -0.1) is 0 Å². The van der Waals surface area contributed by atoms with E-state index in [4.69, 9.17) is 16.3 Å². The lowest BCUT2D eigenvalue weighted by Crippen LogP contribution is -2.44. The maximum atomic E-state index is 12.8. The second-order valence-corrected chi connectivity index (χ2v) is 6.75. The molecule has 25 heavy (non-hydrogen) atoms. The van der Waals surface area contributed by atoms with Crippen LogP contribution < -0.4 is 4.74 Å². The van der Waals surface area contributed by atoms with Crippen molar-refractivity contribution < 1.29 is 9.53 Å². The Bertz CT molecular complexity index is 901. The van der Waals surface area contributed by atoms with Crippen molar-refractivity contribution >= 4 is 40.3 Å². The Balaban J connectivity index is 1.46. The number of halogens is 1. The predicted molar refractivity (Wildman–Crippen MR) is 94.0 cm³/mol. The molecule has 0 radical (unpaired) electrons. The minimum atomic E-state index is -0.136. The molecular formula is C16H14ClN5O2S. The maximum absolute atomic E-state index is 12.8. The van der Waals surface area contributed by atoms with Crippen LogP contribution in [0.25, 0.3) is 11.0 Å². The molecule has 1 aliphatic heterocycles. The molecule has 3 heterocycles. The minimum Gasteiger partial charge on any atom is -0.458 e. The first-order valence-electron chi connectivity index (χ1n) is 7.85. The Morgan fingerprint density at radius 2 is 2.04 bits per heavy atom. The number of carbonyl (C=O) groups excluding carboxylic acids is 1. The van der Waals surface area contributed by atoms with Gasteiger partial charge < -0.3 is 9.64 Å². The lowest BCUT2D eigenvalue weighted by Gasteiger charge is -2.32. The molecule has 7 nitrogen and oxygen atoms in total. The molecule has 0 spiro atoms. The van der Waals surface area contributed by atoms with Crippen molar-refractivity contribution in [3.05, 3.63) is 41.2 Å². The van der Waals surface area contributed by atoms with E-state index in [0.717, 1.165) is 35.6 Å². The summed E-state index contributed by atoms with van der Waals surface area (Å²) in [5, 5.41) is 0.458. The zero-order valence-corrected chi connectivity index (χ0v) is 14.7. The minimum absolute atomic E-state index is 0.0276. The van der Waals surface area contributed by atoms with Gasteiger partial charge in [-0.3, -0.25) is 4.79 Å². The summed E-state index contributed by atoms with van der Waals surface area (Å²) in [6.45, 7) is 1.20. The van der Waals surface area contributed by atoms with E-state index in [-0.39, 0.29) is 18.0 Å². The van der Waals surface area contributed by atoms with Crippen LogP contribution >= 0.6 is 23.3 Å². The van der Waals surface area contributed by atoms with Gasteiger partial charge in [-0.1, -0.05) is 11.6 Å². The van der Waals surface area contributed by atoms with Gasteiger partial charge in [-0.25, -0.2) is 9.97 Å². The number of hydrogen-bond donors (Lipinski definition) is 0. The molecule has 1 amide bonds. The molecule has 0 bridgehead atoms. The zero-order chi connectivity index (χ0) is 17.2. The Morgan fingerprint density at radius 3 is 2.88 bits per heavy atom. The van der Waals surface area contributed by atoms with E-state index in [9.17, 15) is 4.79 Å². The Hall–Kier alpha value is -2.32. The van der Waals surface area contributed by atoms with Gasteiger partial charge in [-0.05, 0) is 31.0 Å². The molecule has 1 atom stereocenters. The number of piperidine rings is 1. The maximum Gasteiger partial charge on any atom is 0.316 e. The van der Waals surface area contributed by atoms with E-state index in [0.29, 0.717) is 23.7 Å². The molecule has 128 valence electrons. The quantitative estimate of drug-likeness (QED) is 0.700. The SMILES string of the molecule is O=C(c1ccc2nsnc2c1)N1CCC[C@@H](Oc2ncc(Cl)cn2)C1. The number of aromatic nitrogens is 4. The van der Waals surface area contributed by atoms with Crippen molar-refractivity contribution in [1.82, 2.24) is 23.6 Å². The normalized spacial score (nSPS) is 17.6. The van der Waals surface area contributed by atoms with Gasteiger partial charge in [0.2, 0.25) is 0 Å². The number of hydrogen-bond acceptors (Lipinski definition) is 7. The molecule has 3 aromatic rings. The third-order valence-corrected chi connectivity index (χ3v) is 4.79. The van der Waals surface area contributed by atoms with Gasteiger partial charge in [0.05, 0.1) is 35.7 Å². The average Bonchev–Trinajstić information content (AvgIpc) is 3.11. The Labute approximate surface area is 152 Å². The summed E-state index contributed by atoms with van der Waals surface area (Å²) in [6.07, 6.45) is 4.57. The van der Waals surface area contributed by atoms with Crippen molar-refractivity contribution in [2.75, 3.05) is 13.1 Å². The fourth-order valence-electron chi connectivity index (χ4n) is 2.83. The van der Waals surface area contributed by atoms with Gasteiger partial charge in [0.15, 0.2) is 0 Å².